The van der Waals surface area contributed by atoms with Gasteiger partial charge >= 0.3 is 0 Å². The van der Waals surface area contributed by atoms with Crippen LogP contribution in [0.3, 0.4) is 0 Å². The molecule has 0 radical (unpaired) electrons. The second-order valence-corrected chi connectivity index (χ2v) is 4.94. The van der Waals surface area contributed by atoms with Gasteiger partial charge in [-0.1, -0.05) is 30.3 Å². The second-order valence-electron chi connectivity index (χ2n) is 4.94. The van der Waals surface area contributed by atoms with Crippen molar-refractivity contribution in [2.75, 3.05) is 12.4 Å². The lowest BCUT2D eigenvalue weighted by Gasteiger charge is -2.03. The predicted octanol–water partition coefficient (Wildman–Crippen LogP) is 3.34. The molecule has 0 fully saturated rings. The minimum absolute atomic E-state index is 0.577. The summed E-state index contributed by atoms with van der Waals surface area (Å²) in [6.45, 7) is 0. The summed E-state index contributed by atoms with van der Waals surface area (Å²) in [6.07, 6.45) is 1.78. The average molecular weight is 294 g/mol. The van der Waals surface area contributed by atoms with Crippen LogP contribution in [0, 0.1) is 0 Å². The first-order valence-electron chi connectivity index (χ1n) is 7.20. The molecule has 0 aliphatic rings. The maximum absolute atomic E-state index is 5.13. The van der Waals surface area contributed by atoms with Crippen molar-refractivity contribution >= 4 is 11.6 Å². The number of rotatable bonds is 6. The van der Waals surface area contributed by atoms with Crippen LogP contribution in [0.1, 0.15) is 11.4 Å². The van der Waals surface area contributed by atoms with Gasteiger partial charge in [-0.25, -0.2) is 0 Å². The maximum Gasteiger partial charge on any atom is 0.246 e. The molecule has 0 bridgehead atoms. The summed E-state index contributed by atoms with van der Waals surface area (Å²) in [5.41, 5.74) is 2.22. The molecule has 0 atom stereocenters. The van der Waals surface area contributed by atoms with E-state index in [1.54, 1.807) is 7.11 Å². The molecule has 1 heterocycles. The van der Waals surface area contributed by atoms with E-state index in [2.05, 4.69) is 32.6 Å². The number of H-pyrrole nitrogens is 1. The third kappa shape index (κ3) is 3.63. The van der Waals surface area contributed by atoms with Gasteiger partial charge < -0.3 is 10.1 Å². The third-order valence-corrected chi connectivity index (χ3v) is 3.37. The van der Waals surface area contributed by atoms with E-state index >= 15 is 0 Å². The van der Waals surface area contributed by atoms with E-state index < -0.39 is 0 Å². The lowest BCUT2D eigenvalue weighted by molar-refractivity contribution is 0.415. The van der Waals surface area contributed by atoms with Gasteiger partial charge in [0.15, 0.2) is 0 Å². The van der Waals surface area contributed by atoms with Crippen molar-refractivity contribution in [3.8, 4) is 5.75 Å². The Labute approximate surface area is 129 Å². The van der Waals surface area contributed by atoms with Crippen molar-refractivity contribution in [1.29, 1.82) is 0 Å². The summed E-state index contributed by atoms with van der Waals surface area (Å²) in [5, 5.41) is 10.3. The van der Waals surface area contributed by atoms with Crippen LogP contribution in [0.5, 0.6) is 5.75 Å². The summed E-state index contributed by atoms with van der Waals surface area (Å²) < 4.78 is 5.13. The highest BCUT2D eigenvalue weighted by Gasteiger charge is 2.04. The van der Waals surface area contributed by atoms with Crippen molar-refractivity contribution in [2.45, 2.75) is 12.8 Å². The topological polar surface area (TPSA) is 62.8 Å². The van der Waals surface area contributed by atoms with E-state index in [1.807, 2.05) is 42.5 Å². The molecule has 0 unspecified atom stereocenters. The monoisotopic (exact) mass is 294 g/mol. The number of aromatic nitrogens is 3. The van der Waals surface area contributed by atoms with Crippen molar-refractivity contribution in [3.05, 3.63) is 66.0 Å². The third-order valence-electron chi connectivity index (χ3n) is 3.37. The summed E-state index contributed by atoms with van der Waals surface area (Å²) in [5.74, 6) is 2.28. The normalized spacial score (nSPS) is 10.4. The molecule has 5 heteroatoms. The fourth-order valence-electron chi connectivity index (χ4n) is 2.17. The largest absolute Gasteiger partial charge is 0.497 e. The maximum atomic E-state index is 5.13. The molecule has 1 aromatic heterocycles. The number of anilines is 2. The van der Waals surface area contributed by atoms with Crippen LogP contribution < -0.4 is 10.1 Å². The number of nitrogens with one attached hydrogen (secondary N) is 2. The van der Waals surface area contributed by atoms with E-state index in [0.29, 0.717) is 5.95 Å². The smallest absolute Gasteiger partial charge is 0.246 e. The molecule has 0 amide bonds. The molecule has 5 nitrogen and oxygen atoms in total. The van der Waals surface area contributed by atoms with E-state index in [9.17, 15) is 0 Å². The van der Waals surface area contributed by atoms with Crippen molar-refractivity contribution in [1.82, 2.24) is 15.2 Å². The van der Waals surface area contributed by atoms with Gasteiger partial charge in [-0.15, -0.1) is 5.10 Å². The number of hydrogen-bond donors (Lipinski definition) is 2. The molecule has 0 aliphatic heterocycles. The molecule has 22 heavy (non-hydrogen) atoms. The van der Waals surface area contributed by atoms with Gasteiger partial charge in [0.2, 0.25) is 5.95 Å². The molecule has 0 spiro atoms. The van der Waals surface area contributed by atoms with Gasteiger partial charge in [-0.3, -0.25) is 5.10 Å². The first-order chi connectivity index (χ1) is 10.8. The fourth-order valence-corrected chi connectivity index (χ4v) is 2.17. The minimum Gasteiger partial charge on any atom is -0.497 e. The summed E-state index contributed by atoms with van der Waals surface area (Å²) in [4.78, 5) is 4.45. The molecule has 2 aromatic carbocycles. The molecule has 0 aliphatic carbocycles. The number of hydrogen-bond acceptors (Lipinski definition) is 4. The number of ether oxygens (including phenoxy) is 1. The van der Waals surface area contributed by atoms with E-state index in [1.165, 1.54) is 5.56 Å². The fraction of sp³-hybridized carbons (Fsp3) is 0.176. The summed E-state index contributed by atoms with van der Waals surface area (Å²) in [6, 6.07) is 18.0. The van der Waals surface area contributed by atoms with Crippen LogP contribution in [-0.2, 0) is 12.8 Å². The van der Waals surface area contributed by atoms with Gasteiger partial charge in [0.25, 0.3) is 0 Å². The highest BCUT2D eigenvalue weighted by Crippen LogP contribution is 2.17. The van der Waals surface area contributed by atoms with Crippen molar-refractivity contribution < 1.29 is 4.74 Å². The van der Waals surface area contributed by atoms with Gasteiger partial charge in [-0.05, 0) is 36.2 Å². The molecule has 2 N–H and O–H groups in total. The van der Waals surface area contributed by atoms with Crippen LogP contribution in [0.4, 0.5) is 11.6 Å². The predicted molar refractivity (Wildman–Crippen MR) is 86.5 cm³/mol. The van der Waals surface area contributed by atoms with Crippen LogP contribution in [0.2, 0.25) is 0 Å². The lowest BCUT2D eigenvalue weighted by Crippen LogP contribution is -1.94. The average Bonchev–Trinajstić information content (AvgIpc) is 3.02. The number of methoxy groups -OCH3 is 1. The minimum atomic E-state index is 0.577. The van der Waals surface area contributed by atoms with Gasteiger partial charge in [0, 0.05) is 12.1 Å². The molecule has 0 saturated heterocycles. The quantitative estimate of drug-likeness (QED) is 0.732. The number of nitrogens with zero attached hydrogens (tertiary/aromatic N) is 2. The van der Waals surface area contributed by atoms with Crippen LogP contribution in [0.25, 0.3) is 0 Å². The van der Waals surface area contributed by atoms with Crippen molar-refractivity contribution in [2.24, 2.45) is 0 Å². The highest BCUT2D eigenvalue weighted by atomic mass is 16.5. The standard InChI is InChI=1S/C17H18N4O/c1-22-15-10-8-14(9-11-15)18-17-19-16(20-21-17)12-7-13-5-3-2-4-6-13/h2-6,8-11H,7,12H2,1H3,(H2,18,19,20,21). The van der Waals surface area contributed by atoms with Gasteiger partial charge in [-0.2, -0.15) is 4.98 Å². The van der Waals surface area contributed by atoms with E-state index in [0.717, 1.165) is 30.1 Å². The van der Waals surface area contributed by atoms with Crippen molar-refractivity contribution in [3.63, 3.8) is 0 Å². The zero-order chi connectivity index (χ0) is 15.2. The molecular formula is C17H18N4O. The Kier molecular flexibility index (Phi) is 4.34. The molecule has 0 saturated carbocycles. The zero-order valence-corrected chi connectivity index (χ0v) is 12.4. The van der Waals surface area contributed by atoms with Crippen LogP contribution >= 0.6 is 0 Å². The Balaban J connectivity index is 1.58. The Morgan fingerprint density at radius 2 is 1.77 bits per heavy atom. The van der Waals surface area contributed by atoms with E-state index in [4.69, 9.17) is 4.74 Å². The number of aromatic amines is 1. The molecular weight excluding hydrogens is 276 g/mol. The molecule has 3 rings (SSSR count). The van der Waals surface area contributed by atoms with E-state index in [-0.39, 0.29) is 0 Å². The Bertz CT molecular complexity index is 707. The first-order valence-corrected chi connectivity index (χ1v) is 7.20. The Hall–Kier alpha value is -2.82. The van der Waals surface area contributed by atoms with Crippen LogP contribution in [-0.4, -0.2) is 22.3 Å². The lowest BCUT2D eigenvalue weighted by atomic mass is 10.1. The first kappa shape index (κ1) is 14.1. The zero-order valence-electron chi connectivity index (χ0n) is 12.4. The number of benzene rings is 2. The van der Waals surface area contributed by atoms with Crippen LogP contribution in [0.15, 0.2) is 54.6 Å². The molecule has 112 valence electrons. The number of aryl methyl sites for hydroxylation is 2. The SMILES string of the molecule is COc1ccc(Nc2n[nH]c(CCc3ccccc3)n2)cc1. The molecule has 3 aromatic rings. The van der Waals surface area contributed by atoms with Gasteiger partial charge in [0.1, 0.15) is 11.6 Å². The van der Waals surface area contributed by atoms with Gasteiger partial charge in [0.05, 0.1) is 7.11 Å². The summed E-state index contributed by atoms with van der Waals surface area (Å²) in [7, 11) is 1.65. The second kappa shape index (κ2) is 6.76. The Morgan fingerprint density at radius 3 is 2.50 bits per heavy atom. The highest BCUT2D eigenvalue weighted by molar-refractivity contribution is 5.54. The Morgan fingerprint density at radius 1 is 1.00 bits per heavy atom. The summed E-state index contributed by atoms with van der Waals surface area (Å²) >= 11 is 0.